The minimum absolute atomic E-state index is 0.107. The van der Waals surface area contributed by atoms with Crippen LogP contribution in [0.4, 0.5) is 9.39 Å². The summed E-state index contributed by atoms with van der Waals surface area (Å²) in [4.78, 5) is 41.1. The van der Waals surface area contributed by atoms with Gasteiger partial charge in [0.15, 0.2) is 0 Å². The van der Waals surface area contributed by atoms with E-state index in [-0.39, 0.29) is 29.1 Å². The Labute approximate surface area is 203 Å². The summed E-state index contributed by atoms with van der Waals surface area (Å²) in [5.41, 5.74) is 7.54. The maximum absolute atomic E-state index is 13.7. The van der Waals surface area contributed by atoms with Gasteiger partial charge in [-0.05, 0) is 73.3 Å². The summed E-state index contributed by atoms with van der Waals surface area (Å²) in [6.45, 7) is 7.65. The zero-order valence-corrected chi connectivity index (χ0v) is 20.8. The highest BCUT2D eigenvalue weighted by atomic mass is 32.1. The van der Waals surface area contributed by atoms with E-state index in [1.165, 1.54) is 35.6 Å². The lowest BCUT2D eigenvalue weighted by atomic mass is 9.72. The predicted molar refractivity (Wildman–Crippen MR) is 131 cm³/mol. The molecule has 0 unspecified atom stereocenters. The molecular formula is C26H32FN3O3S. The number of nitrogens with two attached hydrogens (primary N) is 1. The number of carbonyl (C=O) groups is 3. The van der Waals surface area contributed by atoms with Crippen LogP contribution in [-0.2, 0) is 17.6 Å². The van der Waals surface area contributed by atoms with E-state index in [1.807, 2.05) is 0 Å². The molecule has 1 atom stereocenters. The monoisotopic (exact) mass is 485 g/mol. The predicted octanol–water partition coefficient (Wildman–Crippen LogP) is 4.63. The Balaban J connectivity index is 1.64. The molecule has 1 aliphatic carbocycles. The average Bonchev–Trinajstić information content (AvgIpc) is 3.15. The van der Waals surface area contributed by atoms with Gasteiger partial charge in [0.1, 0.15) is 10.8 Å². The van der Waals surface area contributed by atoms with Crippen LogP contribution in [0.2, 0.25) is 0 Å². The molecule has 182 valence electrons. The molecule has 8 heteroatoms. The highest BCUT2D eigenvalue weighted by Crippen LogP contribution is 2.45. The number of nitrogens with zero attached hydrogens (tertiary/aromatic N) is 1. The second-order valence-corrected chi connectivity index (χ2v) is 11.5. The first-order valence-electron chi connectivity index (χ1n) is 11.8. The van der Waals surface area contributed by atoms with Gasteiger partial charge in [0.05, 0.1) is 5.56 Å². The molecule has 4 rings (SSSR count). The first-order valence-corrected chi connectivity index (χ1v) is 12.7. The molecule has 0 radical (unpaired) electrons. The van der Waals surface area contributed by atoms with Gasteiger partial charge < -0.3 is 16.0 Å². The van der Waals surface area contributed by atoms with Crippen LogP contribution >= 0.6 is 11.3 Å². The Kier molecular flexibility index (Phi) is 6.80. The molecular weight excluding hydrogens is 453 g/mol. The maximum Gasteiger partial charge on any atom is 0.257 e. The molecule has 1 aromatic carbocycles. The second-order valence-electron chi connectivity index (χ2n) is 10.4. The Morgan fingerprint density at radius 3 is 2.32 bits per heavy atom. The van der Waals surface area contributed by atoms with Crippen LogP contribution in [-0.4, -0.2) is 35.7 Å². The van der Waals surface area contributed by atoms with Crippen LogP contribution in [0.5, 0.6) is 0 Å². The van der Waals surface area contributed by atoms with E-state index in [1.54, 1.807) is 4.90 Å². The van der Waals surface area contributed by atoms with Gasteiger partial charge in [-0.2, -0.15) is 0 Å². The Morgan fingerprint density at radius 1 is 1.09 bits per heavy atom. The van der Waals surface area contributed by atoms with Crippen LogP contribution in [0.3, 0.4) is 0 Å². The van der Waals surface area contributed by atoms with E-state index in [2.05, 4.69) is 26.1 Å². The summed E-state index contributed by atoms with van der Waals surface area (Å²) in [5.74, 6) is -0.914. The van der Waals surface area contributed by atoms with Crippen LogP contribution < -0.4 is 11.1 Å². The van der Waals surface area contributed by atoms with E-state index in [0.717, 1.165) is 29.7 Å². The number of benzene rings is 1. The van der Waals surface area contributed by atoms with Crippen molar-refractivity contribution in [2.24, 2.45) is 23.0 Å². The molecule has 2 heterocycles. The number of hydrogen-bond acceptors (Lipinski definition) is 4. The number of carbonyl (C=O) groups excluding carboxylic acids is 3. The van der Waals surface area contributed by atoms with Crippen molar-refractivity contribution in [1.29, 1.82) is 0 Å². The van der Waals surface area contributed by atoms with E-state index in [0.29, 0.717) is 48.0 Å². The van der Waals surface area contributed by atoms with Crippen molar-refractivity contribution in [3.8, 4) is 0 Å². The normalized spacial score (nSPS) is 18.9. The number of hydrogen-bond donors (Lipinski definition) is 2. The lowest BCUT2D eigenvalue weighted by Gasteiger charge is -2.34. The zero-order chi connectivity index (χ0) is 24.6. The molecule has 2 aliphatic rings. The first kappa shape index (κ1) is 24.4. The fraction of sp³-hybridized carbons (Fsp3) is 0.500. The van der Waals surface area contributed by atoms with Crippen molar-refractivity contribution in [3.05, 3.63) is 51.7 Å². The Bertz CT molecular complexity index is 1100. The number of likely N-dealkylation sites (tertiary alicyclic amines) is 1. The number of thiophene rings is 1. The molecule has 1 fully saturated rings. The largest absolute Gasteiger partial charge is 0.369 e. The summed E-state index contributed by atoms with van der Waals surface area (Å²) in [6, 6.07) is 5.36. The van der Waals surface area contributed by atoms with Crippen molar-refractivity contribution in [1.82, 2.24) is 4.90 Å². The third-order valence-electron chi connectivity index (χ3n) is 7.22. The van der Waals surface area contributed by atoms with E-state index in [9.17, 15) is 18.8 Å². The smallest absolute Gasteiger partial charge is 0.257 e. The lowest BCUT2D eigenvalue weighted by Crippen LogP contribution is -2.42. The standard InChI is InChI=1S/C26H32FN3O3S/c1-26(2,3)17-6-9-19-20(14-17)34-24(29-23(32)16-4-7-18(27)8-5-16)21(19)25(33)30-12-10-15(11-13-30)22(28)31/h4-5,7-8,15,17H,6,9-14H2,1-3H3,(H2,28,31)(H,29,32)/t17-/m0/s1. The van der Waals surface area contributed by atoms with Gasteiger partial charge in [0.2, 0.25) is 5.91 Å². The number of piperidine rings is 1. The van der Waals surface area contributed by atoms with Crippen LogP contribution in [0.25, 0.3) is 0 Å². The van der Waals surface area contributed by atoms with Crippen molar-refractivity contribution >= 4 is 34.1 Å². The molecule has 0 bridgehead atoms. The molecule has 3 amide bonds. The van der Waals surface area contributed by atoms with Gasteiger partial charge in [-0.1, -0.05) is 20.8 Å². The molecule has 1 saturated heterocycles. The Morgan fingerprint density at radius 2 is 1.74 bits per heavy atom. The number of amides is 3. The quantitative estimate of drug-likeness (QED) is 0.661. The van der Waals surface area contributed by atoms with Crippen molar-refractivity contribution in [2.75, 3.05) is 18.4 Å². The molecule has 2 aromatic rings. The summed E-state index contributed by atoms with van der Waals surface area (Å²) in [5, 5.41) is 3.49. The second kappa shape index (κ2) is 9.49. The van der Waals surface area contributed by atoms with Crippen molar-refractivity contribution in [3.63, 3.8) is 0 Å². The minimum Gasteiger partial charge on any atom is -0.369 e. The minimum atomic E-state index is -0.411. The molecule has 1 aliphatic heterocycles. The van der Waals surface area contributed by atoms with Crippen LogP contribution in [0, 0.1) is 23.1 Å². The summed E-state index contributed by atoms with van der Waals surface area (Å²) in [6.07, 6.45) is 3.76. The summed E-state index contributed by atoms with van der Waals surface area (Å²) in [7, 11) is 0. The third-order valence-corrected chi connectivity index (χ3v) is 8.39. The highest BCUT2D eigenvalue weighted by Gasteiger charge is 2.36. The summed E-state index contributed by atoms with van der Waals surface area (Å²) < 4.78 is 13.3. The van der Waals surface area contributed by atoms with Crippen molar-refractivity contribution in [2.45, 2.75) is 52.9 Å². The summed E-state index contributed by atoms with van der Waals surface area (Å²) >= 11 is 1.48. The number of primary amides is 1. The topological polar surface area (TPSA) is 92.5 Å². The first-order chi connectivity index (χ1) is 16.0. The molecule has 0 spiro atoms. The Hall–Kier alpha value is -2.74. The van der Waals surface area contributed by atoms with Gasteiger partial charge in [-0.15, -0.1) is 11.3 Å². The fourth-order valence-electron chi connectivity index (χ4n) is 4.94. The van der Waals surface area contributed by atoms with E-state index < -0.39 is 5.82 Å². The van der Waals surface area contributed by atoms with Gasteiger partial charge >= 0.3 is 0 Å². The van der Waals surface area contributed by atoms with Gasteiger partial charge in [-0.3, -0.25) is 14.4 Å². The third kappa shape index (κ3) is 5.02. The molecule has 1 aromatic heterocycles. The number of nitrogens with one attached hydrogen (secondary N) is 1. The number of halogens is 1. The van der Waals surface area contributed by atoms with Crippen molar-refractivity contribution < 1.29 is 18.8 Å². The van der Waals surface area contributed by atoms with Gasteiger partial charge in [0, 0.05) is 29.4 Å². The lowest BCUT2D eigenvalue weighted by molar-refractivity contribution is -0.123. The number of anilines is 1. The highest BCUT2D eigenvalue weighted by molar-refractivity contribution is 7.17. The SMILES string of the molecule is CC(C)(C)[C@H]1CCc2c(sc(NC(=O)c3ccc(F)cc3)c2C(=O)N2CCC(C(N)=O)CC2)C1. The van der Waals surface area contributed by atoms with Crippen LogP contribution in [0.15, 0.2) is 24.3 Å². The van der Waals surface area contributed by atoms with Gasteiger partial charge in [-0.25, -0.2) is 4.39 Å². The van der Waals surface area contributed by atoms with E-state index >= 15 is 0 Å². The molecule has 0 saturated carbocycles. The zero-order valence-electron chi connectivity index (χ0n) is 19.9. The molecule has 6 nitrogen and oxygen atoms in total. The number of rotatable bonds is 4. The molecule has 34 heavy (non-hydrogen) atoms. The number of fused-ring (bicyclic) bond motifs is 1. The van der Waals surface area contributed by atoms with Crippen LogP contribution in [0.1, 0.15) is 71.2 Å². The molecule has 3 N–H and O–H groups in total. The average molecular weight is 486 g/mol. The van der Waals surface area contributed by atoms with E-state index in [4.69, 9.17) is 5.73 Å². The fourth-order valence-corrected chi connectivity index (χ4v) is 6.26. The van der Waals surface area contributed by atoms with Gasteiger partial charge in [0.25, 0.3) is 11.8 Å². The maximum atomic E-state index is 13.7.